The molecule has 0 aromatic carbocycles. The van der Waals surface area contributed by atoms with E-state index in [1.807, 2.05) is 20.8 Å². The van der Waals surface area contributed by atoms with E-state index in [1.165, 1.54) is 12.2 Å². The van der Waals surface area contributed by atoms with Gasteiger partial charge in [0.15, 0.2) is 5.78 Å². The van der Waals surface area contributed by atoms with Crippen LogP contribution < -0.4 is 0 Å². The van der Waals surface area contributed by atoms with Gasteiger partial charge in [0.2, 0.25) is 0 Å². The van der Waals surface area contributed by atoms with Gasteiger partial charge in [0.25, 0.3) is 20.2 Å². The average Bonchev–Trinajstić information content (AvgIpc) is 2.87. The third kappa shape index (κ3) is 3.72. The molecule has 8 nitrogen and oxygen atoms in total. The first-order valence-corrected chi connectivity index (χ1v) is 14.6. The molecule has 0 aromatic rings. The van der Waals surface area contributed by atoms with Crippen molar-refractivity contribution in [3.63, 3.8) is 0 Å². The predicted octanol–water partition coefficient (Wildman–Crippen LogP) is 1.95. The van der Waals surface area contributed by atoms with Gasteiger partial charge >= 0.3 is 0 Å². The smallest absolute Gasteiger partial charge is 0.265 e. The highest BCUT2D eigenvalue weighted by Crippen LogP contribution is 2.67. The molecular weight excluding hydrogens is 456 g/mol. The number of aliphatic hydroxyl groups is 1. The zero-order chi connectivity index (χ0) is 23.9. The standard InChI is InChI=1S/C22H32O8S2/c1-20-9-6-13(23)12-16(20)18(29-31(4,25)26)19(30-32(5,27)28)17-14(20)7-10-21(2)15(17)8-11-22(21,3)24/h6,9,12,14-15,17-19,24H,7-8,10-11H2,1-5H3/t14-,15-,17+,18-,19+,20+,21-,22-/m0/s1. The van der Waals surface area contributed by atoms with Crippen molar-refractivity contribution in [3.05, 3.63) is 23.8 Å². The highest BCUT2D eigenvalue weighted by Gasteiger charge is 2.67. The van der Waals surface area contributed by atoms with E-state index in [-0.39, 0.29) is 23.5 Å². The summed E-state index contributed by atoms with van der Waals surface area (Å²) in [5.74, 6) is -0.890. The summed E-state index contributed by atoms with van der Waals surface area (Å²) in [7, 11) is -7.98. The van der Waals surface area contributed by atoms with E-state index in [2.05, 4.69) is 0 Å². The molecule has 4 aliphatic rings. The average molecular weight is 489 g/mol. The molecule has 0 unspecified atom stereocenters. The summed E-state index contributed by atoms with van der Waals surface area (Å²) >= 11 is 0. The third-order valence-corrected chi connectivity index (χ3v) is 9.86. The van der Waals surface area contributed by atoms with Crippen LogP contribution in [-0.2, 0) is 33.4 Å². The van der Waals surface area contributed by atoms with Gasteiger partial charge in [-0.25, -0.2) is 0 Å². The number of carbonyl (C=O) groups excluding carboxylic acids is 1. The lowest BCUT2D eigenvalue weighted by atomic mass is 9.46. The maximum absolute atomic E-state index is 12.3. The summed E-state index contributed by atoms with van der Waals surface area (Å²) in [4.78, 5) is 12.3. The summed E-state index contributed by atoms with van der Waals surface area (Å²) in [5, 5.41) is 11.2. The first-order chi connectivity index (χ1) is 14.5. The lowest BCUT2D eigenvalue weighted by Crippen LogP contribution is -2.62. The van der Waals surface area contributed by atoms with Crippen LogP contribution in [0.1, 0.15) is 46.5 Å². The Labute approximate surface area is 190 Å². The molecular formula is C22H32O8S2. The summed E-state index contributed by atoms with van der Waals surface area (Å²) in [6.45, 7) is 5.79. The van der Waals surface area contributed by atoms with E-state index < -0.39 is 48.9 Å². The van der Waals surface area contributed by atoms with Crippen LogP contribution in [0.3, 0.4) is 0 Å². The second-order valence-corrected chi connectivity index (χ2v) is 13.9. The molecule has 4 aliphatic carbocycles. The molecule has 4 rings (SSSR count). The Bertz CT molecular complexity index is 1100. The third-order valence-electron chi connectivity index (χ3n) is 8.73. The van der Waals surface area contributed by atoms with Gasteiger partial charge in [-0.15, -0.1) is 0 Å². The highest BCUT2D eigenvalue weighted by atomic mass is 32.2. The molecule has 0 spiro atoms. The Morgan fingerprint density at radius 2 is 1.56 bits per heavy atom. The normalized spacial score (nSPS) is 46.2. The van der Waals surface area contributed by atoms with Gasteiger partial charge in [0.1, 0.15) is 12.2 Å². The quantitative estimate of drug-likeness (QED) is 0.596. The molecule has 0 heterocycles. The number of allylic oxidation sites excluding steroid dienone is 3. The lowest BCUT2D eigenvalue weighted by molar-refractivity contribution is -0.150. The number of rotatable bonds is 4. The van der Waals surface area contributed by atoms with E-state index >= 15 is 0 Å². The van der Waals surface area contributed by atoms with Crippen LogP contribution >= 0.6 is 0 Å². The maximum atomic E-state index is 12.3. The largest absolute Gasteiger partial charge is 0.390 e. The van der Waals surface area contributed by atoms with Gasteiger partial charge in [-0.3, -0.25) is 13.2 Å². The van der Waals surface area contributed by atoms with Crippen molar-refractivity contribution in [2.75, 3.05) is 12.5 Å². The van der Waals surface area contributed by atoms with E-state index in [0.29, 0.717) is 24.8 Å². The Balaban J connectivity index is 1.93. The fourth-order valence-electron chi connectivity index (χ4n) is 7.02. The molecule has 0 radical (unpaired) electrons. The second-order valence-electron chi connectivity index (χ2n) is 10.7. The molecule has 0 amide bonds. The molecule has 3 saturated carbocycles. The van der Waals surface area contributed by atoms with Crippen molar-refractivity contribution < 1.29 is 35.1 Å². The maximum Gasteiger partial charge on any atom is 0.265 e. The van der Waals surface area contributed by atoms with Crippen LogP contribution in [0, 0.1) is 28.6 Å². The van der Waals surface area contributed by atoms with Gasteiger partial charge in [-0.1, -0.05) is 19.9 Å². The molecule has 10 heteroatoms. The van der Waals surface area contributed by atoms with Gasteiger partial charge in [0, 0.05) is 5.41 Å². The van der Waals surface area contributed by atoms with Gasteiger partial charge in [-0.2, -0.15) is 16.8 Å². The van der Waals surface area contributed by atoms with Crippen LogP contribution in [0.25, 0.3) is 0 Å². The van der Waals surface area contributed by atoms with Crippen LogP contribution in [0.15, 0.2) is 23.8 Å². The molecule has 0 aromatic heterocycles. The van der Waals surface area contributed by atoms with Crippen molar-refractivity contribution in [3.8, 4) is 0 Å². The summed E-state index contributed by atoms with van der Waals surface area (Å²) in [5.41, 5.74) is -1.67. The van der Waals surface area contributed by atoms with Gasteiger partial charge in [0.05, 0.1) is 18.1 Å². The van der Waals surface area contributed by atoms with E-state index in [1.54, 1.807) is 6.08 Å². The molecule has 32 heavy (non-hydrogen) atoms. The molecule has 180 valence electrons. The van der Waals surface area contributed by atoms with Crippen molar-refractivity contribution in [1.82, 2.24) is 0 Å². The molecule has 8 atom stereocenters. The van der Waals surface area contributed by atoms with Crippen molar-refractivity contribution in [2.24, 2.45) is 28.6 Å². The second kappa shape index (κ2) is 7.21. The minimum Gasteiger partial charge on any atom is -0.390 e. The number of hydrogen-bond donors (Lipinski definition) is 1. The number of fused-ring (bicyclic) bond motifs is 5. The first kappa shape index (κ1) is 24.1. The zero-order valence-electron chi connectivity index (χ0n) is 19.1. The van der Waals surface area contributed by atoms with Gasteiger partial charge < -0.3 is 5.11 Å². The summed E-state index contributed by atoms with van der Waals surface area (Å²) in [6, 6.07) is 0. The van der Waals surface area contributed by atoms with Crippen LogP contribution in [0.2, 0.25) is 0 Å². The van der Waals surface area contributed by atoms with E-state index in [9.17, 15) is 26.7 Å². The SMILES string of the molecule is C[C@]12C=CC(=O)C=C1[C@H](OS(C)(=O)=O)[C@H](OS(C)(=O)=O)[C@@H]1[C@@H]2CC[C@@]2(C)[C@H]1CC[C@]2(C)O. The number of hydrogen-bond acceptors (Lipinski definition) is 8. The summed E-state index contributed by atoms with van der Waals surface area (Å²) < 4.78 is 60.1. The fraction of sp³-hybridized carbons (Fsp3) is 0.773. The Morgan fingerprint density at radius 1 is 0.969 bits per heavy atom. The minimum atomic E-state index is -4.01. The Kier molecular flexibility index (Phi) is 5.43. The fourth-order valence-corrected chi connectivity index (χ4v) is 8.25. The number of ketones is 1. The lowest BCUT2D eigenvalue weighted by Gasteiger charge is -2.60. The van der Waals surface area contributed by atoms with E-state index in [4.69, 9.17) is 8.37 Å². The Hall–Kier alpha value is -1.07. The first-order valence-electron chi connectivity index (χ1n) is 10.9. The molecule has 0 saturated heterocycles. The molecule has 0 bridgehead atoms. The molecule has 1 N–H and O–H groups in total. The molecule has 3 fully saturated rings. The topological polar surface area (TPSA) is 124 Å². The van der Waals surface area contributed by atoms with Crippen molar-refractivity contribution in [1.29, 1.82) is 0 Å². The summed E-state index contributed by atoms with van der Waals surface area (Å²) in [6.07, 6.45) is 6.74. The van der Waals surface area contributed by atoms with Crippen molar-refractivity contribution in [2.45, 2.75) is 64.3 Å². The van der Waals surface area contributed by atoms with Crippen LogP contribution in [0.4, 0.5) is 0 Å². The van der Waals surface area contributed by atoms with Gasteiger partial charge in [-0.05, 0) is 73.5 Å². The van der Waals surface area contributed by atoms with E-state index in [0.717, 1.165) is 18.9 Å². The zero-order valence-corrected chi connectivity index (χ0v) is 20.7. The minimum absolute atomic E-state index is 0.0990. The monoisotopic (exact) mass is 488 g/mol. The van der Waals surface area contributed by atoms with Crippen molar-refractivity contribution >= 4 is 26.0 Å². The van der Waals surface area contributed by atoms with Crippen LogP contribution in [-0.4, -0.2) is 58.0 Å². The highest BCUT2D eigenvalue weighted by molar-refractivity contribution is 7.86. The van der Waals surface area contributed by atoms with Crippen LogP contribution in [0.5, 0.6) is 0 Å². The predicted molar refractivity (Wildman–Crippen MR) is 117 cm³/mol. The Morgan fingerprint density at radius 3 is 2.16 bits per heavy atom. The molecule has 0 aliphatic heterocycles. The number of carbonyl (C=O) groups is 1.